The van der Waals surface area contributed by atoms with Gasteiger partial charge in [0.15, 0.2) is 0 Å². The third-order valence-electron chi connectivity index (χ3n) is 2.07. The molecule has 0 saturated carbocycles. The summed E-state index contributed by atoms with van der Waals surface area (Å²) < 4.78 is 5.42. The second-order valence-corrected chi connectivity index (χ2v) is 4.18. The highest BCUT2D eigenvalue weighted by Crippen LogP contribution is 2.27. The minimum atomic E-state index is -0.551. The van der Waals surface area contributed by atoms with Gasteiger partial charge in [-0.05, 0) is 31.5 Å². The number of halogens is 2. The van der Waals surface area contributed by atoms with Crippen LogP contribution in [0.3, 0.4) is 0 Å². The van der Waals surface area contributed by atoms with Gasteiger partial charge in [0.25, 0.3) is 0 Å². The van der Waals surface area contributed by atoms with Crippen LogP contribution in [-0.2, 0) is 4.79 Å². The number of carbonyl (C=O) groups is 1. The molecule has 1 unspecified atom stereocenters. The molecule has 1 aromatic rings. The average molecular weight is 293 g/mol. The van der Waals surface area contributed by atoms with Crippen LogP contribution in [0.15, 0.2) is 18.2 Å². The molecule has 0 saturated heterocycles. The zero-order valence-electron chi connectivity index (χ0n) is 10.4. The Bertz CT molecular complexity index is 398. The van der Waals surface area contributed by atoms with Gasteiger partial charge in [0.1, 0.15) is 5.75 Å². The highest BCUT2D eigenvalue weighted by atomic mass is 35.5. The van der Waals surface area contributed by atoms with Crippen LogP contribution >= 0.6 is 24.0 Å². The largest absolute Gasteiger partial charge is 0.492 e. The van der Waals surface area contributed by atoms with E-state index in [4.69, 9.17) is 22.1 Å². The van der Waals surface area contributed by atoms with E-state index >= 15 is 0 Å². The van der Waals surface area contributed by atoms with Crippen molar-refractivity contribution in [3.63, 3.8) is 0 Å². The van der Waals surface area contributed by atoms with Crippen molar-refractivity contribution in [3.8, 4) is 5.75 Å². The van der Waals surface area contributed by atoms with Gasteiger partial charge in [0.05, 0.1) is 17.7 Å². The number of nitrogens with two attached hydrogens (primary N) is 1. The van der Waals surface area contributed by atoms with E-state index in [0.29, 0.717) is 23.1 Å². The molecule has 1 rings (SSSR count). The molecule has 0 aromatic heterocycles. The first-order valence-electron chi connectivity index (χ1n) is 5.53. The number of nitrogens with one attached hydrogen (secondary N) is 1. The maximum atomic E-state index is 11.4. The zero-order valence-corrected chi connectivity index (χ0v) is 12.0. The lowest BCUT2D eigenvalue weighted by molar-refractivity contribution is -0.117. The van der Waals surface area contributed by atoms with E-state index in [9.17, 15) is 4.79 Å². The van der Waals surface area contributed by atoms with Gasteiger partial charge < -0.3 is 15.8 Å². The van der Waals surface area contributed by atoms with Crippen molar-refractivity contribution in [2.75, 3.05) is 11.9 Å². The molecule has 0 fully saturated rings. The topological polar surface area (TPSA) is 64.3 Å². The molecule has 0 aliphatic carbocycles. The Morgan fingerprint density at radius 3 is 2.72 bits per heavy atom. The maximum Gasteiger partial charge on any atom is 0.240 e. The molecular weight excluding hydrogens is 275 g/mol. The first kappa shape index (κ1) is 17.0. The van der Waals surface area contributed by atoms with Crippen LogP contribution in [0.1, 0.15) is 20.3 Å². The summed E-state index contributed by atoms with van der Waals surface area (Å²) in [5.41, 5.74) is 6.06. The summed E-state index contributed by atoms with van der Waals surface area (Å²) in [5.74, 6) is 0.371. The summed E-state index contributed by atoms with van der Waals surface area (Å²) >= 11 is 6.02. The first-order valence-corrected chi connectivity index (χ1v) is 5.91. The Labute approximate surface area is 118 Å². The predicted molar refractivity (Wildman–Crippen MR) is 76.8 cm³/mol. The van der Waals surface area contributed by atoms with Crippen LogP contribution in [-0.4, -0.2) is 18.6 Å². The van der Waals surface area contributed by atoms with Crippen LogP contribution in [0.2, 0.25) is 5.02 Å². The lowest BCUT2D eigenvalue weighted by Crippen LogP contribution is -2.32. The number of ether oxygens (including phenoxy) is 1. The molecule has 0 heterocycles. The summed E-state index contributed by atoms with van der Waals surface area (Å²) in [6.07, 6.45) is 0.916. The van der Waals surface area contributed by atoms with Gasteiger partial charge in [-0.1, -0.05) is 18.5 Å². The second-order valence-electron chi connectivity index (χ2n) is 3.77. The SMILES string of the molecule is CCCOc1ccc(NC(=O)C(C)N)cc1Cl.Cl. The van der Waals surface area contributed by atoms with E-state index < -0.39 is 6.04 Å². The van der Waals surface area contributed by atoms with Crippen molar-refractivity contribution in [1.82, 2.24) is 0 Å². The molecule has 0 aliphatic heterocycles. The van der Waals surface area contributed by atoms with Crippen molar-refractivity contribution >= 4 is 35.6 Å². The molecule has 1 amide bonds. The molecule has 0 radical (unpaired) electrons. The molecule has 1 aromatic carbocycles. The Hall–Kier alpha value is -0.970. The van der Waals surface area contributed by atoms with Gasteiger partial charge in [-0.25, -0.2) is 0 Å². The molecule has 6 heteroatoms. The maximum absolute atomic E-state index is 11.4. The monoisotopic (exact) mass is 292 g/mol. The van der Waals surface area contributed by atoms with Crippen LogP contribution < -0.4 is 15.8 Å². The lowest BCUT2D eigenvalue weighted by atomic mass is 10.2. The van der Waals surface area contributed by atoms with Gasteiger partial charge >= 0.3 is 0 Å². The number of hydrogen-bond acceptors (Lipinski definition) is 3. The van der Waals surface area contributed by atoms with Crippen molar-refractivity contribution in [3.05, 3.63) is 23.2 Å². The van der Waals surface area contributed by atoms with Crippen LogP contribution in [0.25, 0.3) is 0 Å². The van der Waals surface area contributed by atoms with E-state index in [2.05, 4.69) is 5.32 Å². The normalized spacial score (nSPS) is 11.3. The summed E-state index contributed by atoms with van der Waals surface area (Å²) in [7, 11) is 0. The Kier molecular flexibility index (Phi) is 7.75. The summed E-state index contributed by atoms with van der Waals surface area (Å²) in [4.78, 5) is 11.4. The molecule has 0 bridgehead atoms. The second kappa shape index (κ2) is 8.19. The number of hydrogen-bond donors (Lipinski definition) is 2. The van der Waals surface area contributed by atoms with E-state index in [1.807, 2.05) is 6.92 Å². The van der Waals surface area contributed by atoms with Gasteiger partial charge in [-0.3, -0.25) is 4.79 Å². The summed E-state index contributed by atoms with van der Waals surface area (Å²) in [6.45, 7) is 4.26. The van der Waals surface area contributed by atoms with Crippen molar-refractivity contribution in [2.45, 2.75) is 26.3 Å². The average Bonchev–Trinajstić information content (AvgIpc) is 2.28. The fourth-order valence-corrected chi connectivity index (χ4v) is 1.40. The molecule has 3 N–H and O–H groups in total. The van der Waals surface area contributed by atoms with Gasteiger partial charge in [-0.2, -0.15) is 0 Å². The molecular formula is C12H18Cl2N2O2. The highest BCUT2D eigenvalue weighted by molar-refractivity contribution is 6.32. The third kappa shape index (κ3) is 5.12. The highest BCUT2D eigenvalue weighted by Gasteiger charge is 2.09. The number of carbonyl (C=O) groups excluding carboxylic acids is 1. The molecule has 18 heavy (non-hydrogen) atoms. The summed E-state index contributed by atoms with van der Waals surface area (Å²) in [6, 6.07) is 4.56. The molecule has 0 spiro atoms. The zero-order chi connectivity index (χ0) is 12.8. The number of benzene rings is 1. The fraction of sp³-hybridized carbons (Fsp3) is 0.417. The van der Waals surface area contributed by atoms with E-state index in [-0.39, 0.29) is 18.3 Å². The minimum Gasteiger partial charge on any atom is -0.492 e. The van der Waals surface area contributed by atoms with Crippen molar-refractivity contribution < 1.29 is 9.53 Å². The van der Waals surface area contributed by atoms with Gasteiger partial charge in [0, 0.05) is 5.69 Å². The number of rotatable bonds is 5. The molecule has 0 aliphatic rings. The van der Waals surface area contributed by atoms with E-state index in [1.54, 1.807) is 25.1 Å². The number of amides is 1. The van der Waals surface area contributed by atoms with Gasteiger partial charge in [0.2, 0.25) is 5.91 Å². The van der Waals surface area contributed by atoms with Crippen molar-refractivity contribution in [2.24, 2.45) is 5.73 Å². The Balaban J connectivity index is 0.00000289. The molecule has 4 nitrogen and oxygen atoms in total. The van der Waals surface area contributed by atoms with Crippen LogP contribution in [0.5, 0.6) is 5.75 Å². The third-order valence-corrected chi connectivity index (χ3v) is 2.37. The van der Waals surface area contributed by atoms with Crippen molar-refractivity contribution in [1.29, 1.82) is 0 Å². The number of anilines is 1. The van der Waals surface area contributed by atoms with Crippen LogP contribution in [0, 0.1) is 0 Å². The minimum absolute atomic E-state index is 0. The molecule has 1 atom stereocenters. The predicted octanol–water partition coefficient (Wildman–Crippen LogP) is 2.84. The Morgan fingerprint density at radius 2 is 2.22 bits per heavy atom. The van der Waals surface area contributed by atoms with Crippen LogP contribution in [0.4, 0.5) is 5.69 Å². The van der Waals surface area contributed by atoms with E-state index in [0.717, 1.165) is 6.42 Å². The molecule has 102 valence electrons. The van der Waals surface area contributed by atoms with Gasteiger partial charge in [-0.15, -0.1) is 12.4 Å². The summed E-state index contributed by atoms with van der Waals surface area (Å²) in [5, 5.41) is 3.13. The lowest BCUT2D eigenvalue weighted by Gasteiger charge is -2.10. The Morgan fingerprint density at radius 1 is 1.56 bits per heavy atom. The first-order chi connectivity index (χ1) is 8.04. The van der Waals surface area contributed by atoms with E-state index in [1.165, 1.54) is 0 Å². The fourth-order valence-electron chi connectivity index (χ4n) is 1.16. The standard InChI is InChI=1S/C12H17ClN2O2.ClH/c1-3-6-17-11-5-4-9(7-10(11)13)15-12(16)8(2)14;/h4-5,7-8H,3,6,14H2,1-2H3,(H,15,16);1H. The smallest absolute Gasteiger partial charge is 0.240 e. The quantitative estimate of drug-likeness (QED) is 0.877.